The molecule has 0 aliphatic carbocycles. The largest absolute Gasteiger partial charge is 0.492 e. The van der Waals surface area contributed by atoms with E-state index in [9.17, 15) is 26.4 Å². The summed E-state index contributed by atoms with van der Waals surface area (Å²) in [5.74, 6) is -0.104. The Labute approximate surface area is 219 Å². The van der Waals surface area contributed by atoms with Crippen molar-refractivity contribution in [1.29, 1.82) is 0 Å². The second-order valence-corrected chi connectivity index (χ2v) is 10.3. The maximum Gasteiger partial charge on any atom is 0.417 e. The van der Waals surface area contributed by atoms with E-state index in [4.69, 9.17) is 16.3 Å². The molecule has 3 rings (SSSR count). The zero-order valence-corrected chi connectivity index (χ0v) is 21.5. The van der Waals surface area contributed by atoms with Gasteiger partial charge < -0.3 is 10.1 Å². The Bertz CT molecular complexity index is 1300. The monoisotopic (exact) mass is 554 g/mol. The molecule has 1 amide bonds. The van der Waals surface area contributed by atoms with Crippen LogP contribution in [0.1, 0.15) is 24.5 Å². The topological polar surface area (TPSA) is 75.7 Å². The van der Waals surface area contributed by atoms with E-state index in [0.717, 1.165) is 25.0 Å². The highest BCUT2D eigenvalue weighted by Gasteiger charge is 2.35. The Kier molecular flexibility index (Phi) is 9.45. The van der Waals surface area contributed by atoms with Gasteiger partial charge in [-0.15, -0.1) is 0 Å². The lowest BCUT2D eigenvalue weighted by Crippen LogP contribution is -2.42. The second-order valence-electron chi connectivity index (χ2n) is 8.08. The standard InChI is InChI=1S/C26H26ClF3N2O4S/c1-2-6-19-9-12-21(13-10-19)36-16-15-31-25(33)18-32(37(34,35)22-7-4-3-5-8-22)20-11-14-24(27)23(17-20)26(28,29)30/h3-5,7-14,17H,2,6,15-16,18H2,1H3,(H,31,33). The first kappa shape index (κ1) is 28.3. The van der Waals surface area contributed by atoms with Crippen LogP contribution in [0, 0.1) is 0 Å². The van der Waals surface area contributed by atoms with Crippen LogP contribution in [0.5, 0.6) is 5.75 Å². The van der Waals surface area contributed by atoms with E-state index < -0.39 is 39.2 Å². The van der Waals surface area contributed by atoms with E-state index in [1.54, 1.807) is 6.07 Å². The maximum atomic E-state index is 13.4. The van der Waals surface area contributed by atoms with Gasteiger partial charge in [-0.3, -0.25) is 9.10 Å². The fourth-order valence-corrected chi connectivity index (χ4v) is 5.17. The summed E-state index contributed by atoms with van der Waals surface area (Å²) in [5, 5.41) is 1.96. The minimum atomic E-state index is -4.82. The van der Waals surface area contributed by atoms with Crippen LogP contribution >= 0.6 is 11.6 Å². The number of ether oxygens (including phenoxy) is 1. The number of carbonyl (C=O) groups is 1. The molecule has 0 heterocycles. The number of anilines is 1. The molecule has 0 aliphatic heterocycles. The molecule has 0 fully saturated rings. The average Bonchev–Trinajstić information content (AvgIpc) is 2.86. The fourth-order valence-electron chi connectivity index (χ4n) is 3.51. The van der Waals surface area contributed by atoms with E-state index in [0.29, 0.717) is 16.1 Å². The molecule has 1 N–H and O–H groups in total. The third kappa shape index (κ3) is 7.62. The van der Waals surface area contributed by atoms with Crippen LogP contribution in [0.2, 0.25) is 5.02 Å². The van der Waals surface area contributed by atoms with Crippen molar-refractivity contribution < 1.29 is 31.1 Å². The van der Waals surface area contributed by atoms with E-state index in [1.807, 2.05) is 24.3 Å². The molecule has 0 bridgehead atoms. The van der Waals surface area contributed by atoms with Crippen molar-refractivity contribution in [3.63, 3.8) is 0 Å². The van der Waals surface area contributed by atoms with Gasteiger partial charge in [0.1, 0.15) is 18.9 Å². The molecular formula is C26H26ClF3N2O4S. The second kappa shape index (κ2) is 12.3. The van der Waals surface area contributed by atoms with Crippen molar-refractivity contribution in [2.45, 2.75) is 30.8 Å². The summed E-state index contributed by atoms with van der Waals surface area (Å²) in [7, 11) is -4.38. The summed E-state index contributed by atoms with van der Waals surface area (Å²) in [4.78, 5) is 12.5. The number of nitrogens with zero attached hydrogens (tertiary/aromatic N) is 1. The first-order valence-electron chi connectivity index (χ1n) is 11.5. The molecule has 3 aromatic carbocycles. The van der Waals surface area contributed by atoms with Crippen LogP contribution in [-0.4, -0.2) is 34.0 Å². The minimum Gasteiger partial charge on any atom is -0.492 e. The van der Waals surface area contributed by atoms with E-state index in [1.165, 1.54) is 29.8 Å². The summed E-state index contributed by atoms with van der Waals surface area (Å²) in [6.07, 6.45) is -2.84. The fraction of sp³-hybridized carbons (Fsp3) is 0.269. The lowest BCUT2D eigenvalue weighted by Gasteiger charge is -2.25. The highest BCUT2D eigenvalue weighted by Crippen LogP contribution is 2.38. The predicted molar refractivity (Wildman–Crippen MR) is 136 cm³/mol. The molecule has 0 saturated heterocycles. The van der Waals surface area contributed by atoms with Gasteiger partial charge in [0, 0.05) is 0 Å². The molecule has 0 radical (unpaired) electrons. The zero-order valence-electron chi connectivity index (χ0n) is 20.0. The van der Waals surface area contributed by atoms with Crippen molar-refractivity contribution in [2.24, 2.45) is 0 Å². The van der Waals surface area contributed by atoms with Gasteiger partial charge in [0.15, 0.2) is 0 Å². The molecular weight excluding hydrogens is 529 g/mol. The van der Waals surface area contributed by atoms with Gasteiger partial charge >= 0.3 is 6.18 Å². The number of alkyl halides is 3. The summed E-state index contributed by atoms with van der Waals surface area (Å²) >= 11 is 5.70. The van der Waals surface area contributed by atoms with Gasteiger partial charge in [0.2, 0.25) is 5.91 Å². The van der Waals surface area contributed by atoms with Gasteiger partial charge in [-0.2, -0.15) is 13.2 Å². The number of benzene rings is 3. The van der Waals surface area contributed by atoms with Gasteiger partial charge in [-0.1, -0.05) is 55.3 Å². The van der Waals surface area contributed by atoms with Crippen LogP contribution in [-0.2, 0) is 27.4 Å². The van der Waals surface area contributed by atoms with Crippen LogP contribution in [0.4, 0.5) is 18.9 Å². The number of rotatable bonds is 11. The molecule has 0 saturated carbocycles. The minimum absolute atomic E-state index is 0.0587. The summed E-state index contributed by atoms with van der Waals surface area (Å²) in [6, 6.07) is 17.3. The molecule has 0 atom stereocenters. The summed E-state index contributed by atoms with van der Waals surface area (Å²) < 4.78 is 73.1. The molecule has 37 heavy (non-hydrogen) atoms. The normalized spacial score (nSPS) is 11.7. The van der Waals surface area contributed by atoms with Crippen LogP contribution in [0.15, 0.2) is 77.7 Å². The summed E-state index contributed by atoms with van der Waals surface area (Å²) in [5.41, 5.74) is -0.378. The summed E-state index contributed by atoms with van der Waals surface area (Å²) in [6.45, 7) is 1.51. The van der Waals surface area contributed by atoms with Crippen LogP contribution in [0.25, 0.3) is 0 Å². The highest BCUT2D eigenvalue weighted by atomic mass is 35.5. The third-order valence-corrected chi connectivity index (χ3v) is 7.43. The number of hydrogen-bond donors (Lipinski definition) is 1. The van der Waals surface area contributed by atoms with Crippen molar-refractivity contribution >= 4 is 33.2 Å². The molecule has 3 aromatic rings. The molecule has 198 valence electrons. The lowest BCUT2D eigenvalue weighted by molar-refractivity contribution is -0.137. The van der Waals surface area contributed by atoms with E-state index in [2.05, 4.69) is 12.2 Å². The first-order valence-corrected chi connectivity index (χ1v) is 13.3. The molecule has 0 aromatic heterocycles. The van der Waals surface area contributed by atoms with Crippen LogP contribution in [0.3, 0.4) is 0 Å². The first-order chi connectivity index (χ1) is 17.5. The smallest absolute Gasteiger partial charge is 0.417 e. The number of aryl methyl sites for hydroxylation is 1. The van der Waals surface area contributed by atoms with Crippen molar-refractivity contribution in [2.75, 3.05) is 24.0 Å². The molecule has 0 aliphatic rings. The van der Waals surface area contributed by atoms with Gasteiger partial charge in [-0.25, -0.2) is 8.42 Å². The Morgan fingerprint density at radius 2 is 1.70 bits per heavy atom. The van der Waals surface area contributed by atoms with Gasteiger partial charge in [0.25, 0.3) is 10.0 Å². The number of halogens is 4. The third-order valence-electron chi connectivity index (χ3n) is 5.32. The number of nitrogens with one attached hydrogen (secondary N) is 1. The number of hydrogen-bond acceptors (Lipinski definition) is 4. The predicted octanol–water partition coefficient (Wildman–Crippen LogP) is 5.70. The Balaban J connectivity index is 1.74. The number of carbonyl (C=O) groups excluding carboxylic acids is 1. The quantitative estimate of drug-likeness (QED) is 0.308. The zero-order chi connectivity index (χ0) is 27.1. The lowest BCUT2D eigenvalue weighted by atomic mass is 10.1. The van der Waals surface area contributed by atoms with Gasteiger partial charge in [-0.05, 0) is 54.4 Å². The maximum absolute atomic E-state index is 13.4. The van der Waals surface area contributed by atoms with E-state index >= 15 is 0 Å². The van der Waals surface area contributed by atoms with Gasteiger partial charge in [0.05, 0.1) is 27.7 Å². The molecule has 0 unspecified atom stereocenters. The Hall–Kier alpha value is -3.24. The number of amides is 1. The van der Waals surface area contributed by atoms with E-state index in [-0.39, 0.29) is 23.7 Å². The highest BCUT2D eigenvalue weighted by molar-refractivity contribution is 7.92. The van der Waals surface area contributed by atoms with Crippen LogP contribution < -0.4 is 14.4 Å². The van der Waals surface area contributed by atoms with Crippen molar-refractivity contribution in [3.8, 4) is 5.75 Å². The molecule has 11 heteroatoms. The Morgan fingerprint density at radius 1 is 1.03 bits per heavy atom. The van der Waals surface area contributed by atoms with Crippen molar-refractivity contribution in [1.82, 2.24) is 5.32 Å². The Morgan fingerprint density at radius 3 is 2.32 bits per heavy atom. The average molecular weight is 555 g/mol. The molecule has 0 spiro atoms. The number of sulfonamides is 1. The molecule has 6 nitrogen and oxygen atoms in total. The van der Waals surface area contributed by atoms with Crippen molar-refractivity contribution in [3.05, 3.63) is 88.9 Å². The SMILES string of the molecule is CCCc1ccc(OCCNC(=O)CN(c2ccc(Cl)c(C(F)(F)F)c2)S(=O)(=O)c2ccccc2)cc1.